The first-order chi connectivity index (χ1) is 9.78. The van der Waals surface area contributed by atoms with Crippen LogP contribution >= 0.6 is 0 Å². The molecule has 0 radical (unpaired) electrons. The quantitative estimate of drug-likeness (QED) is 0.929. The van der Waals surface area contributed by atoms with Crippen molar-refractivity contribution >= 4 is 0 Å². The molecular formula is C15H21N3O2. The molecule has 108 valence electrons. The van der Waals surface area contributed by atoms with E-state index in [1.807, 2.05) is 20.0 Å². The number of furan rings is 1. The largest absolute Gasteiger partial charge is 0.461 e. The smallest absolute Gasteiger partial charge is 0.238 e. The zero-order valence-corrected chi connectivity index (χ0v) is 12.1. The molecule has 1 aliphatic rings. The van der Waals surface area contributed by atoms with Gasteiger partial charge in [0.1, 0.15) is 0 Å². The summed E-state index contributed by atoms with van der Waals surface area (Å²) < 4.78 is 10.8. The van der Waals surface area contributed by atoms with E-state index in [0.717, 1.165) is 12.0 Å². The molecule has 1 aliphatic carbocycles. The van der Waals surface area contributed by atoms with Crippen LogP contribution in [0, 0.1) is 12.8 Å². The minimum atomic E-state index is 0.555. The number of nitrogens with one attached hydrogen (secondary N) is 1. The fraction of sp³-hybridized carbons (Fsp3) is 0.600. The maximum absolute atomic E-state index is 5.40. The van der Waals surface area contributed by atoms with Gasteiger partial charge in [-0.1, -0.05) is 18.0 Å². The number of hydrogen-bond donors (Lipinski definition) is 1. The first kappa shape index (κ1) is 13.4. The number of hydrogen-bond acceptors (Lipinski definition) is 5. The van der Waals surface area contributed by atoms with Crippen LogP contribution in [0.2, 0.25) is 0 Å². The van der Waals surface area contributed by atoms with E-state index < -0.39 is 0 Å². The van der Waals surface area contributed by atoms with E-state index >= 15 is 0 Å². The number of rotatable bonds is 4. The SMILES string of the molecule is CNC1CCCCC1Cc1nc(-c2occc2C)no1. The Kier molecular flexibility index (Phi) is 3.87. The third-order valence-corrected chi connectivity index (χ3v) is 4.25. The fourth-order valence-electron chi connectivity index (χ4n) is 3.09. The van der Waals surface area contributed by atoms with Crippen molar-refractivity contribution < 1.29 is 8.94 Å². The third kappa shape index (κ3) is 2.63. The Morgan fingerprint density at radius 1 is 1.35 bits per heavy atom. The summed E-state index contributed by atoms with van der Waals surface area (Å²) in [5, 5.41) is 7.44. The zero-order chi connectivity index (χ0) is 13.9. The topological polar surface area (TPSA) is 64.1 Å². The fourth-order valence-corrected chi connectivity index (χ4v) is 3.09. The predicted octanol–water partition coefficient (Wildman–Crippen LogP) is 2.96. The molecule has 1 fully saturated rings. The van der Waals surface area contributed by atoms with Crippen molar-refractivity contribution in [3.8, 4) is 11.6 Å². The minimum Gasteiger partial charge on any atom is -0.461 e. The maximum Gasteiger partial charge on any atom is 0.238 e. The van der Waals surface area contributed by atoms with Crippen molar-refractivity contribution in [3.05, 3.63) is 23.8 Å². The first-order valence-electron chi connectivity index (χ1n) is 7.32. The highest BCUT2D eigenvalue weighted by molar-refractivity contribution is 5.50. The highest BCUT2D eigenvalue weighted by Gasteiger charge is 2.26. The van der Waals surface area contributed by atoms with Gasteiger partial charge in [0.2, 0.25) is 11.7 Å². The summed E-state index contributed by atoms with van der Waals surface area (Å²) in [4.78, 5) is 4.48. The Hall–Kier alpha value is -1.62. The van der Waals surface area contributed by atoms with Crippen molar-refractivity contribution in [1.29, 1.82) is 0 Å². The molecule has 2 unspecified atom stereocenters. The van der Waals surface area contributed by atoms with E-state index in [-0.39, 0.29) is 0 Å². The maximum atomic E-state index is 5.40. The van der Waals surface area contributed by atoms with Crippen LogP contribution in [-0.2, 0) is 6.42 Å². The van der Waals surface area contributed by atoms with Crippen LogP contribution in [0.4, 0.5) is 0 Å². The molecule has 0 spiro atoms. The lowest BCUT2D eigenvalue weighted by Crippen LogP contribution is -2.37. The molecule has 2 heterocycles. The van der Waals surface area contributed by atoms with E-state index in [2.05, 4.69) is 15.5 Å². The summed E-state index contributed by atoms with van der Waals surface area (Å²) in [5.41, 5.74) is 1.03. The van der Waals surface area contributed by atoms with Gasteiger partial charge in [-0.15, -0.1) is 0 Å². The summed E-state index contributed by atoms with van der Waals surface area (Å²) in [6, 6.07) is 2.47. The van der Waals surface area contributed by atoms with Gasteiger partial charge in [-0.3, -0.25) is 0 Å². The number of aromatic nitrogens is 2. The average Bonchev–Trinajstić information content (AvgIpc) is 3.08. The van der Waals surface area contributed by atoms with Gasteiger partial charge in [0.15, 0.2) is 5.76 Å². The summed E-state index contributed by atoms with van der Waals surface area (Å²) in [7, 11) is 2.04. The van der Waals surface area contributed by atoms with E-state index in [1.54, 1.807) is 6.26 Å². The van der Waals surface area contributed by atoms with E-state index in [4.69, 9.17) is 8.94 Å². The second-order valence-corrected chi connectivity index (χ2v) is 5.59. The van der Waals surface area contributed by atoms with Crippen LogP contribution in [0.3, 0.4) is 0 Å². The van der Waals surface area contributed by atoms with Crippen LogP contribution in [0.15, 0.2) is 21.3 Å². The van der Waals surface area contributed by atoms with Gasteiger partial charge in [0.05, 0.1) is 6.26 Å². The van der Waals surface area contributed by atoms with E-state index in [9.17, 15) is 0 Å². The highest BCUT2D eigenvalue weighted by atomic mass is 16.5. The molecule has 5 heteroatoms. The third-order valence-electron chi connectivity index (χ3n) is 4.25. The molecule has 0 saturated heterocycles. The minimum absolute atomic E-state index is 0.555. The second kappa shape index (κ2) is 5.79. The lowest BCUT2D eigenvalue weighted by atomic mass is 9.82. The molecule has 0 aromatic carbocycles. The van der Waals surface area contributed by atoms with Gasteiger partial charge in [0.25, 0.3) is 0 Å². The summed E-state index contributed by atoms with van der Waals surface area (Å²) in [6.07, 6.45) is 7.56. The molecule has 2 aromatic rings. The Balaban J connectivity index is 1.72. The summed E-state index contributed by atoms with van der Waals surface area (Å²) in [6.45, 7) is 1.98. The molecule has 20 heavy (non-hydrogen) atoms. The molecule has 2 aromatic heterocycles. The lowest BCUT2D eigenvalue weighted by Gasteiger charge is -2.30. The molecule has 0 aliphatic heterocycles. The summed E-state index contributed by atoms with van der Waals surface area (Å²) >= 11 is 0. The molecule has 3 rings (SSSR count). The van der Waals surface area contributed by atoms with Crippen molar-refractivity contribution in [2.45, 2.75) is 45.1 Å². The molecule has 1 N–H and O–H groups in total. The van der Waals surface area contributed by atoms with E-state index in [0.29, 0.717) is 29.4 Å². The molecular weight excluding hydrogens is 254 g/mol. The molecule has 2 atom stereocenters. The van der Waals surface area contributed by atoms with Crippen LogP contribution in [0.1, 0.15) is 37.1 Å². The number of aryl methyl sites for hydroxylation is 1. The lowest BCUT2D eigenvalue weighted by molar-refractivity contribution is 0.248. The van der Waals surface area contributed by atoms with Crippen LogP contribution in [0.25, 0.3) is 11.6 Å². The Labute approximate surface area is 118 Å². The van der Waals surface area contributed by atoms with Crippen molar-refractivity contribution in [3.63, 3.8) is 0 Å². The molecule has 5 nitrogen and oxygen atoms in total. The molecule has 0 bridgehead atoms. The Bertz CT molecular complexity index is 561. The second-order valence-electron chi connectivity index (χ2n) is 5.59. The van der Waals surface area contributed by atoms with Gasteiger partial charge in [0, 0.05) is 12.5 Å². The van der Waals surface area contributed by atoms with Crippen LogP contribution < -0.4 is 5.32 Å². The predicted molar refractivity (Wildman–Crippen MR) is 75.2 cm³/mol. The molecule has 0 amide bonds. The molecule has 1 saturated carbocycles. The van der Waals surface area contributed by atoms with Gasteiger partial charge in [-0.05, 0) is 44.4 Å². The number of nitrogens with zero attached hydrogens (tertiary/aromatic N) is 2. The van der Waals surface area contributed by atoms with Crippen LogP contribution in [-0.4, -0.2) is 23.2 Å². The van der Waals surface area contributed by atoms with Gasteiger partial charge < -0.3 is 14.3 Å². The Morgan fingerprint density at radius 3 is 2.95 bits per heavy atom. The van der Waals surface area contributed by atoms with Gasteiger partial charge in [-0.2, -0.15) is 4.98 Å². The summed E-state index contributed by atoms with van der Waals surface area (Å²) in [5.74, 6) is 2.55. The highest BCUT2D eigenvalue weighted by Crippen LogP contribution is 2.28. The standard InChI is InChI=1S/C15H21N3O2/c1-10-7-8-19-14(10)15-17-13(20-18-15)9-11-5-3-4-6-12(11)16-2/h7-8,11-12,16H,3-6,9H2,1-2H3. The van der Waals surface area contributed by atoms with Gasteiger partial charge in [-0.25, -0.2) is 0 Å². The first-order valence-corrected chi connectivity index (χ1v) is 7.32. The van der Waals surface area contributed by atoms with E-state index in [1.165, 1.54) is 25.7 Å². The van der Waals surface area contributed by atoms with Crippen LogP contribution in [0.5, 0.6) is 0 Å². The normalized spacial score (nSPS) is 23.1. The van der Waals surface area contributed by atoms with Gasteiger partial charge >= 0.3 is 0 Å². The van der Waals surface area contributed by atoms with Crippen molar-refractivity contribution in [1.82, 2.24) is 15.5 Å². The Morgan fingerprint density at radius 2 is 2.20 bits per heavy atom. The van der Waals surface area contributed by atoms with Crippen molar-refractivity contribution in [2.75, 3.05) is 7.05 Å². The monoisotopic (exact) mass is 275 g/mol. The van der Waals surface area contributed by atoms with Crippen molar-refractivity contribution in [2.24, 2.45) is 5.92 Å². The zero-order valence-electron chi connectivity index (χ0n) is 12.1. The average molecular weight is 275 g/mol.